The minimum absolute atomic E-state index is 0.102. The van der Waals surface area contributed by atoms with E-state index in [1.54, 1.807) is 0 Å². The highest BCUT2D eigenvalue weighted by Gasteiger charge is 2.27. The summed E-state index contributed by atoms with van der Waals surface area (Å²) in [7, 11) is 0. The Balaban J connectivity index is -0.000000479. The SMILES string of the molecule is C=C.C=C.C=C(CC(C)(C)C)N[C@H](C(=C)NC(CCC)C(=C)N[C@@H](CC(C)C)C(C)CC(C)C(=C)N[C@H](C(=C)C)C(C)C)C(C)C.CC.CC.CCC1=CC=C=CC=C1. The van der Waals surface area contributed by atoms with Crippen molar-refractivity contribution < 1.29 is 0 Å². The lowest BCUT2D eigenvalue weighted by Gasteiger charge is -2.36. The second kappa shape index (κ2) is 38.6. The molecule has 0 aromatic heterocycles. The predicted octanol–water partition coefficient (Wildman–Crippen LogP) is 16.0. The Bertz CT molecular complexity index is 1260. The van der Waals surface area contributed by atoms with Gasteiger partial charge in [0.1, 0.15) is 0 Å². The molecule has 0 radical (unpaired) electrons. The van der Waals surface area contributed by atoms with E-state index in [0.717, 1.165) is 66.9 Å². The van der Waals surface area contributed by atoms with Crippen molar-refractivity contribution in [1.29, 1.82) is 0 Å². The van der Waals surface area contributed by atoms with Crippen molar-refractivity contribution in [2.45, 2.75) is 187 Å². The van der Waals surface area contributed by atoms with E-state index in [4.69, 9.17) is 0 Å². The third-order valence-corrected chi connectivity index (χ3v) is 9.45. The van der Waals surface area contributed by atoms with Crippen LogP contribution >= 0.6 is 0 Å². The molecule has 4 heteroatoms. The van der Waals surface area contributed by atoms with E-state index in [0.29, 0.717) is 35.6 Å². The van der Waals surface area contributed by atoms with Crippen LogP contribution in [0.4, 0.5) is 0 Å². The Morgan fingerprint density at radius 3 is 1.63 bits per heavy atom. The largest absolute Gasteiger partial charge is 0.384 e. The van der Waals surface area contributed by atoms with Crippen molar-refractivity contribution in [2.75, 3.05) is 0 Å². The summed E-state index contributed by atoms with van der Waals surface area (Å²) in [5.41, 5.74) is 9.92. The normalized spacial score (nSPS) is 14.3. The van der Waals surface area contributed by atoms with E-state index >= 15 is 0 Å². The molecule has 0 aliphatic heterocycles. The summed E-state index contributed by atoms with van der Waals surface area (Å²) in [6.07, 6.45) is 16.3. The van der Waals surface area contributed by atoms with Crippen LogP contribution in [0, 0.1) is 35.0 Å². The second-order valence-electron chi connectivity index (χ2n) is 17.4. The maximum absolute atomic E-state index is 4.57. The highest BCUT2D eigenvalue weighted by Crippen LogP contribution is 2.27. The zero-order valence-corrected chi connectivity index (χ0v) is 42.7. The molecule has 0 aromatic carbocycles. The molecule has 1 aliphatic carbocycles. The first-order chi connectivity index (χ1) is 27.6. The third-order valence-electron chi connectivity index (χ3n) is 9.45. The molecule has 3 unspecified atom stereocenters. The molecule has 59 heavy (non-hydrogen) atoms. The van der Waals surface area contributed by atoms with Crippen LogP contribution in [-0.4, -0.2) is 24.2 Å². The van der Waals surface area contributed by atoms with Crippen molar-refractivity contribution in [3.63, 3.8) is 0 Å². The first-order valence-electron chi connectivity index (χ1n) is 22.9. The average molecular weight is 819 g/mol. The molecule has 0 saturated carbocycles. The van der Waals surface area contributed by atoms with E-state index in [2.05, 4.69) is 195 Å². The Hall–Kier alpha value is -3.62. The minimum atomic E-state index is 0.102. The van der Waals surface area contributed by atoms with Gasteiger partial charge >= 0.3 is 0 Å². The highest BCUT2D eigenvalue weighted by molar-refractivity contribution is 5.28. The molecule has 0 bridgehead atoms. The molecule has 0 saturated heterocycles. The van der Waals surface area contributed by atoms with Crippen molar-refractivity contribution >= 4 is 0 Å². The molecule has 6 atom stereocenters. The quantitative estimate of drug-likeness (QED) is 0.0613. The van der Waals surface area contributed by atoms with Crippen LogP contribution in [-0.2, 0) is 0 Å². The van der Waals surface area contributed by atoms with Gasteiger partial charge < -0.3 is 21.3 Å². The summed E-state index contributed by atoms with van der Waals surface area (Å²) >= 11 is 0. The summed E-state index contributed by atoms with van der Waals surface area (Å²) < 4.78 is 0. The molecule has 0 heterocycles. The molecule has 0 aromatic rings. The van der Waals surface area contributed by atoms with Gasteiger partial charge in [-0.25, -0.2) is 0 Å². The lowest BCUT2D eigenvalue weighted by atomic mass is 9.85. The van der Waals surface area contributed by atoms with Crippen LogP contribution in [0.2, 0.25) is 0 Å². The van der Waals surface area contributed by atoms with Gasteiger partial charge in [-0.2, -0.15) is 0 Å². The minimum Gasteiger partial charge on any atom is -0.384 e. The summed E-state index contributed by atoms with van der Waals surface area (Å²) in [4.78, 5) is 0. The van der Waals surface area contributed by atoms with Gasteiger partial charge in [0.05, 0.1) is 12.1 Å². The molecule has 0 amide bonds. The first kappa shape index (κ1) is 64.5. The number of allylic oxidation sites excluding steroid dienone is 7. The summed E-state index contributed by atoms with van der Waals surface area (Å²) in [6.45, 7) is 73.5. The molecular formula is C55H102N4. The second-order valence-corrected chi connectivity index (χ2v) is 17.4. The monoisotopic (exact) mass is 819 g/mol. The predicted molar refractivity (Wildman–Crippen MR) is 275 cm³/mol. The number of hydrogen-bond acceptors (Lipinski definition) is 4. The fourth-order valence-corrected chi connectivity index (χ4v) is 6.58. The molecular weight excluding hydrogens is 717 g/mol. The van der Waals surface area contributed by atoms with Crippen LogP contribution in [0.25, 0.3) is 0 Å². The third kappa shape index (κ3) is 32.9. The van der Waals surface area contributed by atoms with Crippen molar-refractivity contribution in [3.05, 3.63) is 129 Å². The van der Waals surface area contributed by atoms with Gasteiger partial charge in [0, 0.05) is 34.9 Å². The van der Waals surface area contributed by atoms with Crippen LogP contribution in [0.3, 0.4) is 0 Å². The number of nitrogens with one attached hydrogen (secondary N) is 4. The van der Waals surface area contributed by atoms with Crippen molar-refractivity contribution in [2.24, 2.45) is 35.0 Å². The maximum atomic E-state index is 4.57. The van der Waals surface area contributed by atoms with Crippen LogP contribution < -0.4 is 21.3 Å². The fraction of sp³-hybridized carbons (Fsp3) is 0.618. The van der Waals surface area contributed by atoms with Gasteiger partial charge in [0.2, 0.25) is 0 Å². The van der Waals surface area contributed by atoms with E-state index in [9.17, 15) is 0 Å². The Labute approximate surface area is 371 Å². The van der Waals surface area contributed by atoms with E-state index in [1.165, 1.54) is 5.57 Å². The smallest absolute Gasteiger partial charge is 0.0673 e. The van der Waals surface area contributed by atoms with Gasteiger partial charge in [-0.15, -0.1) is 32.0 Å². The summed E-state index contributed by atoms with van der Waals surface area (Å²) in [6, 6.07) is 0.795. The molecule has 0 spiro atoms. The molecule has 4 nitrogen and oxygen atoms in total. The number of rotatable bonds is 23. The maximum Gasteiger partial charge on any atom is 0.0673 e. The Morgan fingerprint density at radius 2 is 1.20 bits per heavy atom. The van der Waals surface area contributed by atoms with Crippen LogP contribution in [0.5, 0.6) is 0 Å². The van der Waals surface area contributed by atoms with Gasteiger partial charge in [0.15, 0.2) is 0 Å². The fourth-order valence-electron chi connectivity index (χ4n) is 6.58. The molecule has 342 valence electrons. The van der Waals surface area contributed by atoms with Crippen molar-refractivity contribution in [1.82, 2.24) is 21.3 Å². The van der Waals surface area contributed by atoms with Gasteiger partial charge in [-0.3, -0.25) is 0 Å². The van der Waals surface area contributed by atoms with Crippen molar-refractivity contribution in [3.8, 4) is 0 Å². The highest BCUT2D eigenvalue weighted by atomic mass is 15.1. The standard InChI is InChI=1S/C38H72N4.C9H10.2C2H6.2C2H4/c1-19-20-34(41-33(15)37(27(8)9)39-30(12)23-38(16,17)18)32(14)40-35(21-24(2)3)29(11)22-28(10)31(13)42-36(25(4)5)26(6)7;1-2-9-7-5-3-4-6-8-9;4*1-2/h24,26-29,34-37,39-42H,4,12-15,19-23H2,1-3,5-11,16-18H3;3,5-8H,2H2,1H3;2*1-2H3;2*1-2H2/t28?,29?,34?,35-,36+,37-;;;;;/m0...../s1. The van der Waals surface area contributed by atoms with E-state index < -0.39 is 0 Å². The Morgan fingerprint density at radius 1 is 0.678 bits per heavy atom. The first-order valence-corrected chi connectivity index (χ1v) is 22.9. The van der Waals surface area contributed by atoms with Gasteiger partial charge in [0.25, 0.3) is 0 Å². The van der Waals surface area contributed by atoms with E-state index in [1.807, 2.05) is 45.9 Å². The lowest BCUT2D eigenvalue weighted by Crippen LogP contribution is -2.47. The molecule has 1 rings (SSSR count). The van der Waals surface area contributed by atoms with Gasteiger partial charge in [-0.1, -0.05) is 181 Å². The van der Waals surface area contributed by atoms with Crippen LogP contribution in [0.15, 0.2) is 129 Å². The zero-order chi connectivity index (χ0) is 47.5. The average Bonchev–Trinajstić information content (AvgIpc) is 3.46. The topological polar surface area (TPSA) is 48.1 Å². The molecule has 0 fully saturated rings. The summed E-state index contributed by atoms with van der Waals surface area (Å²) in [5.74, 6) is 2.24. The zero-order valence-electron chi connectivity index (χ0n) is 42.7. The van der Waals surface area contributed by atoms with Crippen LogP contribution in [0.1, 0.15) is 163 Å². The number of hydrogen-bond donors (Lipinski definition) is 4. The van der Waals surface area contributed by atoms with E-state index in [-0.39, 0.29) is 23.5 Å². The summed E-state index contributed by atoms with van der Waals surface area (Å²) in [5, 5.41) is 15.0. The lowest BCUT2D eigenvalue weighted by molar-refractivity contribution is 0.291. The Kier molecular flexibility index (Phi) is 42.2. The molecule has 4 N–H and O–H groups in total. The molecule has 1 aliphatic rings. The van der Waals surface area contributed by atoms with Gasteiger partial charge in [-0.05, 0) is 91.8 Å².